The first-order valence-corrected chi connectivity index (χ1v) is 5.24. The summed E-state index contributed by atoms with van der Waals surface area (Å²) in [5, 5.41) is 9.57. The molecule has 1 N–H and O–H groups in total. The Morgan fingerprint density at radius 1 is 1.46 bits per heavy atom. The van der Waals surface area contributed by atoms with Gasteiger partial charge in [0.1, 0.15) is 0 Å². The Bertz CT molecular complexity index is 158. The maximum absolute atomic E-state index is 9.57. The van der Waals surface area contributed by atoms with Gasteiger partial charge in [0.2, 0.25) is 0 Å². The van der Waals surface area contributed by atoms with Crippen LogP contribution >= 0.6 is 0 Å². The van der Waals surface area contributed by atoms with Crippen molar-refractivity contribution in [3.05, 3.63) is 0 Å². The van der Waals surface area contributed by atoms with Gasteiger partial charge in [0, 0.05) is 26.2 Å². The molecule has 0 spiro atoms. The fourth-order valence-corrected chi connectivity index (χ4v) is 2.29. The summed E-state index contributed by atoms with van der Waals surface area (Å²) in [6, 6.07) is 0. The summed E-state index contributed by atoms with van der Waals surface area (Å²) in [6.07, 6.45) is 1.09. The molecular weight excluding hydrogens is 166 g/mol. The lowest BCUT2D eigenvalue weighted by molar-refractivity contribution is 0.142. The Morgan fingerprint density at radius 3 is 2.85 bits per heavy atom. The number of β-amino-alcohol motifs (C(OH)–C–C–N with tert-alkyl or cyclic N) is 1. The number of hydrogen-bond acceptors (Lipinski definition) is 3. The molecule has 2 saturated heterocycles. The second kappa shape index (κ2) is 3.95. The number of hydrogen-bond donors (Lipinski definition) is 1. The zero-order valence-electron chi connectivity index (χ0n) is 8.28. The predicted octanol–water partition coefficient (Wildman–Crippen LogP) is 0.335. The highest BCUT2D eigenvalue weighted by molar-refractivity contribution is 4.82. The second-order valence-electron chi connectivity index (χ2n) is 4.49. The number of rotatable bonds is 2. The SMILES string of the molecule is CC1CN(CC2CCOC2)CC1O. The van der Waals surface area contributed by atoms with Gasteiger partial charge in [-0.25, -0.2) is 0 Å². The molecule has 3 nitrogen and oxygen atoms in total. The summed E-state index contributed by atoms with van der Waals surface area (Å²) < 4.78 is 5.33. The van der Waals surface area contributed by atoms with Crippen LogP contribution in [0.15, 0.2) is 0 Å². The molecule has 76 valence electrons. The number of ether oxygens (including phenoxy) is 1. The van der Waals surface area contributed by atoms with Gasteiger partial charge in [0.15, 0.2) is 0 Å². The molecule has 0 bridgehead atoms. The van der Waals surface area contributed by atoms with Crippen molar-refractivity contribution in [2.45, 2.75) is 19.4 Å². The molecule has 2 aliphatic rings. The Kier molecular flexibility index (Phi) is 2.86. The van der Waals surface area contributed by atoms with Gasteiger partial charge in [-0.15, -0.1) is 0 Å². The third-order valence-corrected chi connectivity index (χ3v) is 3.19. The van der Waals surface area contributed by atoms with Gasteiger partial charge in [-0.2, -0.15) is 0 Å². The molecule has 3 unspecified atom stereocenters. The van der Waals surface area contributed by atoms with Crippen molar-refractivity contribution in [2.75, 3.05) is 32.8 Å². The summed E-state index contributed by atoms with van der Waals surface area (Å²) in [7, 11) is 0. The minimum atomic E-state index is -0.109. The van der Waals surface area contributed by atoms with E-state index < -0.39 is 0 Å². The van der Waals surface area contributed by atoms with E-state index in [1.165, 1.54) is 6.42 Å². The van der Waals surface area contributed by atoms with Gasteiger partial charge in [0.25, 0.3) is 0 Å². The van der Waals surface area contributed by atoms with Crippen molar-refractivity contribution in [3.63, 3.8) is 0 Å². The van der Waals surface area contributed by atoms with Crippen LogP contribution in [0.3, 0.4) is 0 Å². The Labute approximate surface area is 79.7 Å². The lowest BCUT2D eigenvalue weighted by atomic mass is 10.1. The van der Waals surface area contributed by atoms with Gasteiger partial charge >= 0.3 is 0 Å². The minimum absolute atomic E-state index is 0.109. The molecular formula is C10H19NO2. The first kappa shape index (κ1) is 9.44. The molecule has 0 saturated carbocycles. The molecule has 3 atom stereocenters. The van der Waals surface area contributed by atoms with Gasteiger partial charge in [-0.05, 0) is 18.3 Å². The molecule has 2 aliphatic heterocycles. The molecule has 0 aromatic rings. The lowest BCUT2D eigenvalue weighted by Gasteiger charge is -2.18. The third kappa shape index (κ3) is 2.22. The number of likely N-dealkylation sites (tertiary alicyclic amines) is 1. The average molecular weight is 185 g/mol. The van der Waals surface area contributed by atoms with Gasteiger partial charge in [0.05, 0.1) is 12.7 Å². The largest absolute Gasteiger partial charge is 0.391 e. The predicted molar refractivity (Wildman–Crippen MR) is 50.5 cm³/mol. The first-order chi connectivity index (χ1) is 6.25. The van der Waals surface area contributed by atoms with Crippen LogP contribution in [0.4, 0.5) is 0 Å². The minimum Gasteiger partial charge on any atom is -0.391 e. The van der Waals surface area contributed by atoms with E-state index >= 15 is 0 Å². The van der Waals surface area contributed by atoms with E-state index in [4.69, 9.17) is 4.74 Å². The van der Waals surface area contributed by atoms with E-state index in [1.54, 1.807) is 0 Å². The van der Waals surface area contributed by atoms with Crippen molar-refractivity contribution < 1.29 is 9.84 Å². The molecule has 0 amide bonds. The van der Waals surface area contributed by atoms with E-state index in [0.717, 1.165) is 32.8 Å². The molecule has 0 aromatic heterocycles. The Morgan fingerprint density at radius 2 is 2.31 bits per heavy atom. The Hall–Kier alpha value is -0.120. The summed E-state index contributed by atoms with van der Waals surface area (Å²) in [6.45, 7) is 6.99. The van der Waals surface area contributed by atoms with Crippen molar-refractivity contribution >= 4 is 0 Å². The van der Waals surface area contributed by atoms with E-state index in [1.807, 2.05) is 0 Å². The molecule has 3 heteroatoms. The second-order valence-corrected chi connectivity index (χ2v) is 4.49. The fourth-order valence-electron chi connectivity index (χ4n) is 2.29. The monoisotopic (exact) mass is 185 g/mol. The molecule has 2 fully saturated rings. The van der Waals surface area contributed by atoms with Crippen LogP contribution in [0, 0.1) is 11.8 Å². The zero-order valence-corrected chi connectivity index (χ0v) is 8.28. The first-order valence-electron chi connectivity index (χ1n) is 5.24. The lowest BCUT2D eigenvalue weighted by Crippen LogP contribution is -2.28. The van der Waals surface area contributed by atoms with Crippen LogP contribution in [0.2, 0.25) is 0 Å². The maximum Gasteiger partial charge on any atom is 0.0704 e. The molecule has 13 heavy (non-hydrogen) atoms. The smallest absolute Gasteiger partial charge is 0.0704 e. The van der Waals surface area contributed by atoms with Gasteiger partial charge in [-0.3, -0.25) is 0 Å². The molecule has 0 aliphatic carbocycles. The highest BCUT2D eigenvalue weighted by atomic mass is 16.5. The molecule has 2 heterocycles. The fraction of sp³-hybridized carbons (Fsp3) is 1.00. The summed E-state index contributed by atoms with van der Waals surface area (Å²) in [5.74, 6) is 1.15. The highest BCUT2D eigenvalue weighted by Gasteiger charge is 2.29. The average Bonchev–Trinajstić information content (AvgIpc) is 2.64. The quantitative estimate of drug-likeness (QED) is 0.673. The topological polar surface area (TPSA) is 32.7 Å². The van der Waals surface area contributed by atoms with Gasteiger partial charge < -0.3 is 14.7 Å². The molecule has 0 aromatic carbocycles. The van der Waals surface area contributed by atoms with Crippen molar-refractivity contribution in [1.82, 2.24) is 4.90 Å². The van der Waals surface area contributed by atoms with E-state index in [-0.39, 0.29) is 6.10 Å². The van der Waals surface area contributed by atoms with Crippen LogP contribution < -0.4 is 0 Å². The van der Waals surface area contributed by atoms with E-state index in [2.05, 4.69) is 11.8 Å². The van der Waals surface area contributed by atoms with Crippen molar-refractivity contribution in [2.24, 2.45) is 11.8 Å². The van der Waals surface area contributed by atoms with Crippen LogP contribution in [0.25, 0.3) is 0 Å². The molecule has 0 radical (unpaired) electrons. The normalized spacial score (nSPS) is 41.5. The summed E-state index contributed by atoms with van der Waals surface area (Å²) in [4.78, 5) is 2.37. The number of nitrogens with zero attached hydrogens (tertiary/aromatic N) is 1. The zero-order chi connectivity index (χ0) is 9.26. The highest BCUT2D eigenvalue weighted by Crippen LogP contribution is 2.20. The summed E-state index contributed by atoms with van der Waals surface area (Å²) in [5.41, 5.74) is 0. The van der Waals surface area contributed by atoms with Crippen LogP contribution in [0.1, 0.15) is 13.3 Å². The standard InChI is InChI=1S/C10H19NO2/c1-8-4-11(6-10(8)12)5-9-2-3-13-7-9/h8-10,12H,2-7H2,1H3. The number of aliphatic hydroxyl groups excluding tert-OH is 1. The van der Waals surface area contributed by atoms with E-state index in [9.17, 15) is 5.11 Å². The van der Waals surface area contributed by atoms with Crippen LogP contribution in [0.5, 0.6) is 0 Å². The number of aliphatic hydroxyl groups is 1. The van der Waals surface area contributed by atoms with Crippen LogP contribution in [-0.4, -0.2) is 49.0 Å². The molecule has 2 rings (SSSR count). The van der Waals surface area contributed by atoms with Crippen LogP contribution in [-0.2, 0) is 4.74 Å². The van der Waals surface area contributed by atoms with E-state index in [0.29, 0.717) is 11.8 Å². The van der Waals surface area contributed by atoms with Gasteiger partial charge in [-0.1, -0.05) is 6.92 Å². The third-order valence-electron chi connectivity index (χ3n) is 3.19. The van der Waals surface area contributed by atoms with Crippen molar-refractivity contribution in [3.8, 4) is 0 Å². The maximum atomic E-state index is 9.57. The van der Waals surface area contributed by atoms with Crippen molar-refractivity contribution in [1.29, 1.82) is 0 Å². The Balaban J connectivity index is 1.76. The summed E-state index contributed by atoms with van der Waals surface area (Å²) >= 11 is 0.